The summed E-state index contributed by atoms with van der Waals surface area (Å²) in [5, 5.41) is 2.85. The summed E-state index contributed by atoms with van der Waals surface area (Å²) in [5.41, 5.74) is 1.81. The SMILES string of the molecule is CCS(=O)(=O)c1ccc(C(=O)Nc2ccccc2-n2ccnc2)cc1. The molecule has 25 heavy (non-hydrogen) atoms. The minimum atomic E-state index is -3.28. The largest absolute Gasteiger partial charge is 0.320 e. The molecular formula is C18H17N3O3S. The van der Waals surface area contributed by atoms with Gasteiger partial charge in [0.05, 0.1) is 28.4 Å². The van der Waals surface area contributed by atoms with Crippen molar-refractivity contribution in [3.8, 4) is 5.69 Å². The van der Waals surface area contributed by atoms with E-state index in [4.69, 9.17) is 0 Å². The molecule has 0 unspecified atom stereocenters. The summed E-state index contributed by atoms with van der Waals surface area (Å²) >= 11 is 0. The van der Waals surface area contributed by atoms with Gasteiger partial charge in [0.1, 0.15) is 0 Å². The molecule has 6 nitrogen and oxygen atoms in total. The molecule has 0 saturated heterocycles. The van der Waals surface area contributed by atoms with Crippen molar-refractivity contribution in [1.82, 2.24) is 9.55 Å². The molecule has 0 saturated carbocycles. The molecule has 0 aliphatic carbocycles. The van der Waals surface area contributed by atoms with E-state index in [9.17, 15) is 13.2 Å². The van der Waals surface area contributed by atoms with E-state index in [1.807, 2.05) is 18.2 Å². The fourth-order valence-electron chi connectivity index (χ4n) is 2.38. The molecule has 3 rings (SSSR count). The van der Waals surface area contributed by atoms with Gasteiger partial charge in [0.25, 0.3) is 5.91 Å². The van der Waals surface area contributed by atoms with Crippen LogP contribution in [0.2, 0.25) is 0 Å². The lowest BCUT2D eigenvalue weighted by atomic mass is 10.2. The maximum absolute atomic E-state index is 12.5. The second kappa shape index (κ2) is 6.90. The van der Waals surface area contributed by atoms with E-state index in [1.165, 1.54) is 24.3 Å². The van der Waals surface area contributed by atoms with E-state index in [0.29, 0.717) is 11.3 Å². The van der Waals surface area contributed by atoms with Crippen LogP contribution in [-0.4, -0.2) is 29.6 Å². The molecule has 1 heterocycles. The van der Waals surface area contributed by atoms with Crippen LogP contribution < -0.4 is 5.32 Å². The number of benzene rings is 2. The number of hydrogen-bond acceptors (Lipinski definition) is 4. The van der Waals surface area contributed by atoms with Gasteiger partial charge in [-0.05, 0) is 36.4 Å². The number of carbonyl (C=O) groups is 1. The summed E-state index contributed by atoms with van der Waals surface area (Å²) in [6.07, 6.45) is 5.09. The Morgan fingerprint density at radius 3 is 2.48 bits per heavy atom. The summed E-state index contributed by atoms with van der Waals surface area (Å²) in [5.74, 6) is -0.287. The smallest absolute Gasteiger partial charge is 0.255 e. The van der Waals surface area contributed by atoms with Crippen LogP contribution in [0.4, 0.5) is 5.69 Å². The van der Waals surface area contributed by atoms with Crippen LogP contribution in [0.3, 0.4) is 0 Å². The number of imidazole rings is 1. The van der Waals surface area contributed by atoms with Gasteiger partial charge in [0.2, 0.25) is 0 Å². The van der Waals surface area contributed by atoms with Crippen LogP contribution in [0.15, 0.2) is 72.1 Å². The summed E-state index contributed by atoms with van der Waals surface area (Å²) in [7, 11) is -3.28. The average Bonchev–Trinajstić information content (AvgIpc) is 3.17. The van der Waals surface area contributed by atoms with Crippen molar-refractivity contribution in [2.45, 2.75) is 11.8 Å². The van der Waals surface area contributed by atoms with Crippen molar-refractivity contribution in [2.24, 2.45) is 0 Å². The lowest BCUT2D eigenvalue weighted by Gasteiger charge is -2.11. The van der Waals surface area contributed by atoms with E-state index >= 15 is 0 Å². The predicted octanol–water partition coefficient (Wildman–Crippen LogP) is 2.92. The van der Waals surface area contributed by atoms with E-state index in [-0.39, 0.29) is 16.6 Å². The zero-order valence-corrected chi connectivity index (χ0v) is 14.4. The van der Waals surface area contributed by atoms with E-state index < -0.39 is 9.84 Å². The average molecular weight is 355 g/mol. The van der Waals surface area contributed by atoms with Crippen molar-refractivity contribution in [2.75, 3.05) is 11.1 Å². The first-order valence-electron chi connectivity index (χ1n) is 7.73. The first-order chi connectivity index (χ1) is 12.0. The summed E-state index contributed by atoms with van der Waals surface area (Å²) < 4.78 is 25.5. The van der Waals surface area contributed by atoms with Gasteiger partial charge in [-0.3, -0.25) is 4.79 Å². The van der Waals surface area contributed by atoms with Gasteiger partial charge < -0.3 is 9.88 Å². The van der Waals surface area contributed by atoms with Crippen LogP contribution in [0, 0.1) is 0 Å². The van der Waals surface area contributed by atoms with Crippen LogP contribution in [0.1, 0.15) is 17.3 Å². The number of amides is 1. The third kappa shape index (κ3) is 3.61. The second-order valence-electron chi connectivity index (χ2n) is 5.37. The minimum absolute atomic E-state index is 0.0246. The summed E-state index contributed by atoms with van der Waals surface area (Å²) in [6.45, 7) is 1.59. The number of sulfone groups is 1. The molecule has 128 valence electrons. The molecule has 0 bridgehead atoms. The number of nitrogens with one attached hydrogen (secondary N) is 1. The first-order valence-corrected chi connectivity index (χ1v) is 9.38. The van der Waals surface area contributed by atoms with Crippen LogP contribution in [0.25, 0.3) is 5.69 Å². The van der Waals surface area contributed by atoms with Gasteiger partial charge in [-0.15, -0.1) is 0 Å². The minimum Gasteiger partial charge on any atom is -0.320 e. The maximum Gasteiger partial charge on any atom is 0.255 e. The number of anilines is 1. The highest BCUT2D eigenvalue weighted by atomic mass is 32.2. The number of carbonyl (C=O) groups excluding carboxylic acids is 1. The molecule has 3 aromatic rings. The van der Waals surface area contributed by atoms with Crippen molar-refractivity contribution in [1.29, 1.82) is 0 Å². The quantitative estimate of drug-likeness (QED) is 0.763. The second-order valence-corrected chi connectivity index (χ2v) is 7.65. The zero-order chi connectivity index (χ0) is 17.9. The maximum atomic E-state index is 12.5. The molecule has 1 N–H and O–H groups in total. The molecule has 1 aromatic heterocycles. The lowest BCUT2D eigenvalue weighted by molar-refractivity contribution is 0.102. The Morgan fingerprint density at radius 2 is 1.84 bits per heavy atom. The third-order valence-electron chi connectivity index (χ3n) is 3.79. The van der Waals surface area contributed by atoms with Crippen LogP contribution in [-0.2, 0) is 9.84 Å². The highest BCUT2D eigenvalue weighted by Crippen LogP contribution is 2.21. The fourth-order valence-corrected chi connectivity index (χ4v) is 3.26. The van der Waals surface area contributed by atoms with Gasteiger partial charge in [-0.2, -0.15) is 0 Å². The molecule has 0 spiro atoms. The molecule has 0 atom stereocenters. The molecule has 0 aliphatic heterocycles. The first kappa shape index (κ1) is 16.9. The Hall–Kier alpha value is -2.93. The van der Waals surface area contributed by atoms with E-state index in [2.05, 4.69) is 10.3 Å². The normalized spacial score (nSPS) is 11.2. The molecule has 0 fully saturated rings. The summed E-state index contributed by atoms with van der Waals surface area (Å²) in [4.78, 5) is 16.7. The van der Waals surface area contributed by atoms with E-state index in [1.54, 1.807) is 36.3 Å². The highest BCUT2D eigenvalue weighted by molar-refractivity contribution is 7.91. The molecular weight excluding hydrogens is 338 g/mol. The van der Waals surface area contributed by atoms with E-state index in [0.717, 1.165) is 5.69 Å². The highest BCUT2D eigenvalue weighted by Gasteiger charge is 2.14. The topological polar surface area (TPSA) is 81.1 Å². The lowest BCUT2D eigenvalue weighted by Crippen LogP contribution is -2.14. The van der Waals surface area contributed by atoms with Crippen LogP contribution in [0.5, 0.6) is 0 Å². The Labute approximate surface area is 146 Å². The number of para-hydroxylation sites is 2. The number of hydrogen-bond donors (Lipinski definition) is 1. The Bertz CT molecular complexity index is 979. The molecule has 7 heteroatoms. The molecule has 0 aliphatic rings. The van der Waals surface area contributed by atoms with Crippen molar-refractivity contribution < 1.29 is 13.2 Å². The zero-order valence-electron chi connectivity index (χ0n) is 13.6. The van der Waals surface area contributed by atoms with Gasteiger partial charge in [-0.25, -0.2) is 13.4 Å². The monoisotopic (exact) mass is 355 g/mol. The van der Waals surface area contributed by atoms with Crippen molar-refractivity contribution in [3.05, 3.63) is 72.8 Å². The Morgan fingerprint density at radius 1 is 1.12 bits per heavy atom. The standard InChI is InChI=1S/C18H17N3O3S/c1-2-25(23,24)15-9-7-14(8-10-15)18(22)20-16-5-3-4-6-17(16)21-12-11-19-13-21/h3-13H,2H2,1H3,(H,20,22). The number of rotatable bonds is 5. The van der Waals surface area contributed by atoms with Gasteiger partial charge in [0.15, 0.2) is 9.84 Å². The fraction of sp³-hybridized carbons (Fsp3) is 0.111. The van der Waals surface area contributed by atoms with Crippen molar-refractivity contribution >= 4 is 21.4 Å². The van der Waals surface area contributed by atoms with Gasteiger partial charge in [-0.1, -0.05) is 19.1 Å². The van der Waals surface area contributed by atoms with Crippen molar-refractivity contribution in [3.63, 3.8) is 0 Å². The predicted molar refractivity (Wildman–Crippen MR) is 95.7 cm³/mol. The molecule has 1 amide bonds. The third-order valence-corrected chi connectivity index (χ3v) is 5.54. The van der Waals surface area contributed by atoms with Gasteiger partial charge in [0, 0.05) is 18.0 Å². The Kier molecular flexibility index (Phi) is 4.67. The molecule has 0 radical (unpaired) electrons. The Balaban J connectivity index is 1.84. The summed E-state index contributed by atoms with van der Waals surface area (Å²) in [6, 6.07) is 13.3. The number of aromatic nitrogens is 2. The number of nitrogens with zero attached hydrogens (tertiary/aromatic N) is 2. The molecule has 2 aromatic carbocycles. The van der Waals surface area contributed by atoms with Crippen LogP contribution >= 0.6 is 0 Å². The van der Waals surface area contributed by atoms with Gasteiger partial charge >= 0.3 is 0 Å².